The van der Waals surface area contributed by atoms with Crippen LogP contribution in [-0.4, -0.2) is 29.0 Å². The Hall–Kier alpha value is -1.55. The Morgan fingerprint density at radius 2 is 1.90 bits per heavy atom. The Morgan fingerprint density at radius 1 is 1.29 bits per heavy atom. The number of nitrogens with zero attached hydrogens (tertiary/aromatic N) is 1. The van der Waals surface area contributed by atoms with Crippen LogP contribution < -0.4 is 10.5 Å². The molecule has 4 heteroatoms. The predicted octanol–water partition coefficient (Wildman–Crippen LogP) is 2.87. The van der Waals surface area contributed by atoms with Crippen LogP contribution in [0.3, 0.4) is 0 Å². The molecule has 1 aliphatic rings. The van der Waals surface area contributed by atoms with Gasteiger partial charge in [-0.1, -0.05) is 19.1 Å². The lowest BCUT2D eigenvalue weighted by atomic mass is 9.97. The summed E-state index contributed by atoms with van der Waals surface area (Å²) in [4.78, 5) is 14.2. The Morgan fingerprint density at radius 3 is 2.43 bits per heavy atom. The van der Waals surface area contributed by atoms with Gasteiger partial charge in [0, 0.05) is 18.0 Å². The summed E-state index contributed by atoms with van der Waals surface area (Å²) in [5.41, 5.74) is 7.06. The number of nitrogens with two attached hydrogens (primary N) is 1. The van der Waals surface area contributed by atoms with E-state index in [0.717, 1.165) is 24.3 Å². The van der Waals surface area contributed by atoms with Crippen molar-refractivity contribution in [2.75, 3.05) is 6.61 Å². The van der Waals surface area contributed by atoms with E-state index in [4.69, 9.17) is 10.5 Å². The molecule has 1 fully saturated rings. The van der Waals surface area contributed by atoms with Crippen molar-refractivity contribution in [3.63, 3.8) is 0 Å². The summed E-state index contributed by atoms with van der Waals surface area (Å²) < 4.78 is 5.60. The molecule has 0 saturated carbocycles. The van der Waals surface area contributed by atoms with E-state index >= 15 is 0 Å². The van der Waals surface area contributed by atoms with Gasteiger partial charge in [0.05, 0.1) is 12.6 Å². The zero-order valence-electron chi connectivity index (χ0n) is 13.4. The molecule has 1 amide bonds. The van der Waals surface area contributed by atoms with E-state index in [0.29, 0.717) is 6.42 Å². The highest BCUT2D eigenvalue weighted by molar-refractivity contribution is 5.81. The number of carbonyl (C=O) groups excluding carboxylic acids is 1. The maximum atomic E-state index is 12.2. The predicted molar refractivity (Wildman–Crippen MR) is 84.2 cm³/mol. The topological polar surface area (TPSA) is 55.6 Å². The zero-order chi connectivity index (χ0) is 15.6. The molecule has 1 saturated heterocycles. The van der Waals surface area contributed by atoms with E-state index < -0.39 is 0 Å². The molecule has 1 aromatic carbocycles. The van der Waals surface area contributed by atoms with Crippen molar-refractivity contribution >= 4 is 5.91 Å². The zero-order valence-corrected chi connectivity index (χ0v) is 13.4. The van der Waals surface area contributed by atoms with Crippen LogP contribution >= 0.6 is 0 Å². The normalized spacial score (nSPS) is 22.7. The van der Waals surface area contributed by atoms with Crippen LogP contribution in [0.25, 0.3) is 0 Å². The molecule has 2 N–H and O–H groups in total. The van der Waals surface area contributed by atoms with Crippen molar-refractivity contribution in [2.45, 2.75) is 58.2 Å². The molecule has 116 valence electrons. The quantitative estimate of drug-likeness (QED) is 0.927. The molecule has 2 unspecified atom stereocenters. The van der Waals surface area contributed by atoms with Gasteiger partial charge in [0.1, 0.15) is 5.75 Å². The van der Waals surface area contributed by atoms with E-state index in [2.05, 4.69) is 27.7 Å². The van der Waals surface area contributed by atoms with Crippen molar-refractivity contribution in [1.82, 2.24) is 4.90 Å². The van der Waals surface area contributed by atoms with Gasteiger partial charge in [-0.15, -0.1) is 0 Å². The van der Waals surface area contributed by atoms with Crippen LogP contribution in [0.5, 0.6) is 5.75 Å². The molecule has 0 spiro atoms. The second kappa shape index (κ2) is 6.06. The summed E-state index contributed by atoms with van der Waals surface area (Å²) in [5.74, 6) is 0.993. The number of ether oxygens (including phenoxy) is 1. The molecular formula is C17H26N2O2. The number of hydrogen-bond donors (Lipinski definition) is 1. The Kier molecular flexibility index (Phi) is 4.57. The van der Waals surface area contributed by atoms with Gasteiger partial charge in [-0.2, -0.15) is 0 Å². The maximum Gasteiger partial charge on any atom is 0.225 e. The van der Waals surface area contributed by atoms with Gasteiger partial charge < -0.3 is 15.4 Å². The molecular weight excluding hydrogens is 264 g/mol. The monoisotopic (exact) mass is 290 g/mol. The number of rotatable bonds is 4. The maximum absolute atomic E-state index is 12.2. The van der Waals surface area contributed by atoms with Crippen molar-refractivity contribution < 1.29 is 9.53 Å². The third kappa shape index (κ3) is 3.38. The minimum absolute atomic E-state index is 0.0577. The summed E-state index contributed by atoms with van der Waals surface area (Å²) in [6.07, 6.45) is 1.40. The summed E-state index contributed by atoms with van der Waals surface area (Å²) in [7, 11) is 0. The molecule has 0 aliphatic carbocycles. The minimum Gasteiger partial charge on any atom is -0.494 e. The molecule has 0 aromatic heterocycles. The smallest absolute Gasteiger partial charge is 0.225 e. The van der Waals surface area contributed by atoms with Crippen LogP contribution in [0, 0.1) is 0 Å². The van der Waals surface area contributed by atoms with E-state index in [1.54, 1.807) is 0 Å². The van der Waals surface area contributed by atoms with Gasteiger partial charge in [-0.3, -0.25) is 4.79 Å². The SMILES string of the molecule is CCCOc1ccc(C2C(N)CC(=O)N2C(C)(C)C)cc1. The van der Waals surface area contributed by atoms with Gasteiger partial charge >= 0.3 is 0 Å². The summed E-state index contributed by atoms with van der Waals surface area (Å²) in [6.45, 7) is 8.95. The fourth-order valence-electron chi connectivity index (χ4n) is 2.93. The highest BCUT2D eigenvalue weighted by Gasteiger charge is 2.43. The van der Waals surface area contributed by atoms with Crippen LogP contribution in [0.4, 0.5) is 0 Å². The average Bonchev–Trinajstić information content (AvgIpc) is 2.71. The molecule has 2 atom stereocenters. The number of benzene rings is 1. The second-order valence-corrected chi connectivity index (χ2v) is 6.66. The third-order valence-corrected chi connectivity index (χ3v) is 3.78. The Balaban J connectivity index is 2.24. The first kappa shape index (κ1) is 15.8. The molecule has 1 aromatic rings. The lowest BCUT2D eigenvalue weighted by molar-refractivity contribution is -0.133. The average molecular weight is 290 g/mol. The summed E-state index contributed by atoms with van der Waals surface area (Å²) in [6, 6.07) is 7.75. The van der Waals surface area contributed by atoms with Crippen LogP contribution in [0.15, 0.2) is 24.3 Å². The van der Waals surface area contributed by atoms with E-state index in [-0.39, 0.29) is 23.5 Å². The highest BCUT2D eigenvalue weighted by Crippen LogP contribution is 2.37. The van der Waals surface area contributed by atoms with E-state index in [1.165, 1.54) is 0 Å². The van der Waals surface area contributed by atoms with Crippen molar-refractivity contribution in [3.8, 4) is 5.75 Å². The van der Waals surface area contributed by atoms with Gasteiger partial charge in [-0.25, -0.2) is 0 Å². The largest absolute Gasteiger partial charge is 0.494 e. The number of hydrogen-bond acceptors (Lipinski definition) is 3. The molecule has 0 bridgehead atoms. The Bertz CT molecular complexity index is 491. The first-order chi connectivity index (χ1) is 9.84. The number of amides is 1. The van der Waals surface area contributed by atoms with E-state index in [9.17, 15) is 4.79 Å². The first-order valence-electron chi connectivity index (χ1n) is 7.65. The Labute approximate surface area is 127 Å². The fraction of sp³-hybridized carbons (Fsp3) is 0.588. The molecule has 4 nitrogen and oxygen atoms in total. The number of likely N-dealkylation sites (tertiary alicyclic amines) is 1. The highest BCUT2D eigenvalue weighted by atomic mass is 16.5. The van der Waals surface area contributed by atoms with Crippen molar-refractivity contribution in [2.24, 2.45) is 5.73 Å². The third-order valence-electron chi connectivity index (χ3n) is 3.78. The lowest BCUT2D eigenvalue weighted by Crippen LogP contribution is -2.45. The minimum atomic E-state index is -0.229. The standard InChI is InChI=1S/C17H26N2O2/c1-5-10-21-13-8-6-12(7-9-13)16-14(18)11-15(20)19(16)17(2,3)4/h6-9,14,16H,5,10-11,18H2,1-4H3. The van der Waals surface area contributed by atoms with Gasteiger partial charge in [0.2, 0.25) is 5.91 Å². The van der Waals surface area contributed by atoms with Crippen molar-refractivity contribution in [1.29, 1.82) is 0 Å². The fourth-order valence-corrected chi connectivity index (χ4v) is 2.93. The van der Waals surface area contributed by atoms with Gasteiger partial charge in [0.25, 0.3) is 0 Å². The van der Waals surface area contributed by atoms with E-state index in [1.807, 2.05) is 29.2 Å². The van der Waals surface area contributed by atoms with Gasteiger partial charge in [-0.05, 0) is 44.9 Å². The van der Waals surface area contributed by atoms with Crippen molar-refractivity contribution in [3.05, 3.63) is 29.8 Å². The summed E-state index contributed by atoms with van der Waals surface area (Å²) in [5, 5.41) is 0. The first-order valence-corrected chi connectivity index (χ1v) is 7.65. The lowest BCUT2D eigenvalue weighted by Gasteiger charge is -2.38. The molecule has 1 aliphatic heterocycles. The summed E-state index contributed by atoms with van der Waals surface area (Å²) >= 11 is 0. The van der Waals surface area contributed by atoms with Crippen LogP contribution in [0.2, 0.25) is 0 Å². The number of carbonyl (C=O) groups is 1. The molecule has 21 heavy (non-hydrogen) atoms. The molecule has 0 radical (unpaired) electrons. The molecule has 1 heterocycles. The molecule has 2 rings (SSSR count). The second-order valence-electron chi connectivity index (χ2n) is 6.66. The van der Waals surface area contributed by atoms with Gasteiger partial charge in [0.15, 0.2) is 0 Å². The van der Waals surface area contributed by atoms with Crippen LogP contribution in [0.1, 0.15) is 52.1 Å². The van der Waals surface area contributed by atoms with Crippen LogP contribution in [-0.2, 0) is 4.79 Å².